The van der Waals surface area contributed by atoms with Crippen LogP contribution in [0.3, 0.4) is 0 Å². The maximum atomic E-state index is 5.93. The Balaban J connectivity index is 1.64. The number of ether oxygens (including phenoxy) is 1. The molecule has 0 spiro atoms. The molecule has 1 saturated heterocycles. The summed E-state index contributed by atoms with van der Waals surface area (Å²) in [6.07, 6.45) is 4.25. The largest absolute Gasteiger partial charge is 0.381 e. The van der Waals surface area contributed by atoms with Crippen LogP contribution in [0.15, 0.2) is 0 Å². The maximum Gasteiger partial charge on any atom is 0.0607 e. The Hall–Kier alpha value is -0.120. The molecule has 3 fully saturated rings. The lowest BCUT2D eigenvalue weighted by Crippen LogP contribution is -2.63. The first-order valence-electron chi connectivity index (χ1n) is 5.75. The molecular formula is C11H20N2O. The number of nitrogens with zero attached hydrogens (tertiary/aromatic N) is 1. The Labute approximate surface area is 85.6 Å². The molecule has 3 heteroatoms. The summed E-state index contributed by atoms with van der Waals surface area (Å²) in [7, 11) is 1.81. The van der Waals surface area contributed by atoms with Crippen LogP contribution in [0, 0.1) is 11.8 Å². The van der Waals surface area contributed by atoms with Crippen molar-refractivity contribution in [3.05, 3.63) is 0 Å². The van der Waals surface area contributed by atoms with Crippen molar-refractivity contribution in [2.24, 2.45) is 17.6 Å². The fraction of sp³-hybridized carbons (Fsp3) is 1.00. The molecule has 2 saturated carbocycles. The second kappa shape index (κ2) is 2.94. The van der Waals surface area contributed by atoms with Gasteiger partial charge in [0.15, 0.2) is 0 Å². The van der Waals surface area contributed by atoms with E-state index >= 15 is 0 Å². The van der Waals surface area contributed by atoms with Gasteiger partial charge in [0.2, 0.25) is 0 Å². The number of methoxy groups -OCH3 is 1. The highest BCUT2D eigenvalue weighted by molar-refractivity contribution is 5.10. The topological polar surface area (TPSA) is 38.5 Å². The highest BCUT2D eigenvalue weighted by Crippen LogP contribution is 2.50. The molecule has 3 aliphatic rings. The molecule has 3 nitrogen and oxygen atoms in total. The number of fused-ring (bicyclic) bond motifs is 1. The zero-order valence-electron chi connectivity index (χ0n) is 8.91. The van der Waals surface area contributed by atoms with Crippen molar-refractivity contribution in [1.82, 2.24) is 4.90 Å². The third-order valence-corrected chi connectivity index (χ3v) is 4.58. The predicted octanol–water partition coefficient (Wildman–Crippen LogP) is 0.444. The molecule has 3 rings (SSSR count). The summed E-state index contributed by atoms with van der Waals surface area (Å²) in [4.78, 5) is 2.64. The van der Waals surface area contributed by atoms with Crippen LogP contribution >= 0.6 is 0 Å². The van der Waals surface area contributed by atoms with Gasteiger partial charge >= 0.3 is 0 Å². The molecule has 0 amide bonds. The van der Waals surface area contributed by atoms with Gasteiger partial charge in [0.25, 0.3) is 0 Å². The lowest BCUT2D eigenvalue weighted by Gasteiger charge is -2.52. The molecule has 1 heterocycles. The van der Waals surface area contributed by atoms with Gasteiger partial charge in [-0.2, -0.15) is 0 Å². The third-order valence-electron chi connectivity index (χ3n) is 4.58. The predicted molar refractivity (Wildman–Crippen MR) is 55.0 cm³/mol. The minimum Gasteiger partial charge on any atom is -0.381 e. The van der Waals surface area contributed by atoms with Gasteiger partial charge in [-0.15, -0.1) is 0 Å². The molecule has 2 unspecified atom stereocenters. The van der Waals surface area contributed by atoms with Crippen LogP contribution in [0.4, 0.5) is 0 Å². The van der Waals surface area contributed by atoms with Crippen molar-refractivity contribution in [2.75, 3.05) is 26.7 Å². The zero-order chi connectivity index (χ0) is 9.76. The average molecular weight is 196 g/mol. The first-order valence-corrected chi connectivity index (χ1v) is 5.75. The zero-order valence-corrected chi connectivity index (χ0v) is 8.91. The van der Waals surface area contributed by atoms with Crippen molar-refractivity contribution < 1.29 is 4.74 Å². The number of rotatable bonds is 3. The van der Waals surface area contributed by atoms with Gasteiger partial charge in [-0.3, -0.25) is 4.90 Å². The van der Waals surface area contributed by atoms with E-state index in [-0.39, 0.29) is 0 Å². The van der Waals surface area contributed by atoms with E-state index < -0.39 is 0 Å². The Morgan fingerprint density at radius 1 is 1.36 bits per heavy atom. The van der Waals surface area contributed by atoms with Crippen LogP contribution in [0.5, 0.6) is 0 Å². The monoisotopic (exact) mass is 196 g/mol. The number of piperidine rings is 1. The van der Waals surface area contributed by atoms with Crippen LogP contribution in [-0.4, -0.2) is 43.3 Å². The van der Waals surface area contributed by atoms with Crippen LogP contribution in [0.25, 0.3) is 0 Å². The van der Waals surface area contributed by atoms with Crippen molar-refractivity contribution in [1.29, 1.82) is 0 Å². The first kappa shape index (κ1) is 9.13. The number of likely N-dealkylation sites (tertiary alicyclic amines) is 1. The summed E-state index contributed by atoms with van der Waals surface area (Å²) in [5.74, 6) is 2.03. The van der Waals surface area contributed by atoms with E-state index in [1.165, 1.54) is 19.5 Å². The van der Waals surface area contributed by atoms with E-state index in [9.17, 15) is 0 Å². The van der Waals surface area contributed by atoms with Crippen LogP contribution in [-0.2, 0) is 4.74 Å². The fourth-order valence-corrected chi connectivity index (χ4v) is 3.29. The Morgan fingerprint density at radius 3 is 2.50 bits per heavy atom. The molecular weight excluding hydrogens is 176 g/mol. The number of nitrogens with two attached hydrogens (primary N) is 1. The SMILES string of the molecule is COC1CC(CN)(N2CC3CC3C2)C1. The summed E-state index contributed by atoms with van der Waals surface area (Å²) in [5.41, 5.74) is 6.24. The normalized spacial score (nSPS) is 51.4. The second-order valence-corrected chi connectivity index (χ2v) is 5.36. The van der Waals surface area contributed by atoms with Crippen molar-refractivity contribution >= 4 is 0 Å². The second-order valence-electron chi connectivity index (χ2n) is 5.36. The molecule has 1 aliphatic heterocycles. The molecule has 0 aromatic carbocycles. The van der Waals surface area contributed by atoms with E-state index in [4.69, 9.17) is 10.5 Å². The lowest BCUT2D eigenvalue weighted by atomic mass is 9.72. The molecule has 0 radical (unpaired) electrons. The number of hydrogen-bond donors (Lipinski definition) is 1. The van der Waals surface area contributed by atoms with Gasteiger partial charge in [0, 0.05) is 32.3 Å². The van der Waals surface area contributed by atoms with Crippen LogP contribution in [0.2, 0.25) is 0 Å². The highest BCUT2D eigenvalue weighted by Gasteiger charge is 2.55. The third kappa shape index (κ3) is 1.16. The summed E-state index contributed by atoms with van der Waals surface area (Å²) in [5, 5.41) is 0. The van der Waals surface area contributed by atoms with Gasteiger partial charge in [-0.1, -0.05) is 0 Å². The van der Waals surface area contributed by atoms with Crippen LogP contribution < -0.4 is 5.73 Å². The molecule has 80 valence electrons. The molecule has 0 aromatic heterocycles. The Bertz CT molecular complexity index is 227. The standard InChI is InChI=1S/C11H20N2O/c1-14-10-3-11(4-10,7-12)13-5-8-2-9(8)6-13/h8-10H,2-7,12H2,1H3. The van der Waals surface area contributed by atoms with E-state index in [1.807, 2.05) is 7.11 Å². The lowest BCUT2D eigenvalue weighted by molar-refractivity contribution is -0.0829. The molecule has 14 heavy (non-hydrogen) atoms. The molecule has 0 aromatic rings. The van der Waals surface area contributed by atoms with E-state index in [1.54, 1.807) is 0 Å². The molecule has 2 atom stereocenters. The molecule has 2 N–H and O–H groups in total. The Kier molecular flexibility index (Phi) is 1.92. The highest BCUT2D eigenvalue weighted by atomic mass is 16.5. The average Bonchev–Trinajstić information content (AvgIpc) is 2.74. The maximum absolute atomic E-state index is 5.93. The van der Waals surface area contributed by atoms with Crippen LogP contribution in [0.1, 0.15) is 19.3 Å². The summed E-state index contributed by atoms with van der Waals surface area (Å²) >= 11 is 0. The van der Waals surface area contributed by atoms with Crippen molar-refractivity contribution in [2.45, 2.75) is 30.9 Å². The molecule has 2 aliphatic carbocycles. The van der Waals surface area contributed by atoms with Gasteiger partial charge in [-0.05, 0) is 31.1 Å². The molecule has 0 bridgehead atoms. The summed E-state index contributed by atoms with van der Waals surface area (Å²) in [6, 6.07) is 0. The number of hydrogen-bond acceptors (Lipinski definition) is 3. The fourth-order valence-electron chi connectivity index (χ4n) is 3.29. The van der Waals surface area contributed by atoms with Crippen molar-refractivity contribution in [3.63, 3.8) is 0 Å². The summed E-state index contributed by atoms with van der Waals surface area (Å²) in [6.45, 7) is 3.42. The van der Waals surface area contributed by atoms with Gasteiger partial charge in [0.1, 0.15) is 0 Å². The summed E-state index contributed by atoms with van der Waals surface area (Å²) < 4.78 is 5.36. The smallest absolute Gasteiger partial charge is 0.0607 e. The van der Waals surface area contributed by atoms with E-state index in [0.29, 0.717) is 11.6 Å². The first-order chi connectivity index (χ1) is 6.77. The van der Waals surface area contributed by atoms with Gasteiger partial charge in [-0.25, -0.2) is 0 Å². The van der Waals surface area contributed by atoms with E-state index in [0.717, 1.165) is 31.2 Å². The quantitative estimate of drug-likeness (QED) is 0.712. The van der Waals surface area contributed by atoms with E-state index in [2.05, 4.69) is 4.90 Å². The minimum absolute atomic E-state index is 0.314. The van der Waals surface area contributed by atoms with Gasteiger partial charge in [0.05, 0.1) is 6.10 Å². The van der Waals surface area contributed by atoms with Gasteiger partial charge < -0.3 is 10.5 Å². The van der Waals surface area contributed by atoms with Crippen molar-refractivity contribution in [3.8, 4) is 0 Å². The minimum atomic E-state index is 0.314. The Morgan fingerprint density at radius 2 is 2.00 bits per heavy atom.